The summed E-state index contributed by atoms with van der Waals surface area (Å²) in [7, 11) is 0. The van der Waals surface area contributed by atoms with Crippen molar-refractivity contribution in [1.29, 1.82) is 0 Å². The van der Waals surface area contributed by atoms with Gasteiger partial charge in [0, 0.05) is 12.2 Å². The Kier molecular flexibility index (Phi) is 4.73. The minimum Gasteiger partial charge on any atom is -0.383 e. The van der Waals surface area contributed by atoms with Crippen LogP contribution in [0.2, 0.25) is 0 Å². The van der Waals surface area contributed by atoms with E-state index < -0.39 is 6.10 Å². The van der Waals surface area contributed by atoms with Crippen molar-refractivity contribution in [3.63, 3.8) is 0 Å². The number of hydrogen-bond acceptors (Lipinski definition) is 4. The number of ketones is 1. The van der Waals surface area contributed by atoms with Crippen LogP contribution in [-0.2, 0) is 4.79 Å². The lowest BCUT2D eigenvalue weighted by Crippen LogP contribution is -2.45. The zero-order valence-corrected chi connectivity index (χ0v) is 10.4. The lowest BCUT2D eigenvalue weighted by atomic mass is 10.00. The molecule has 3 N–H and O–H groups in total. The Morgan fingerprint density at radius 2 is 2.17 bits per heavy atom. The first-order chi connectivity index (χ1) is 8.79. The van der Waals surface area contributed by atoms with Crippen LogP contribution >= 0.6 is 0 Å². The van der Waals surface area contributed by atoms with Crippen molar-refractivity contribution >= 4 is 5.78 Å². The Bertz CT molecular complexity index is 377. The molecular weight excluding hydrogens is 228 g/mol. The van der Waals surface area contributed by atoms with E-state index >= 15 is 0 Å². The molecule has 0 bridgehead atoms. The van der Waals surface area contributed by atoms with E-state index in [1.807, 2.05) is 12.2 Å². The molecule has 0 aromatic heterocycles. The summed E-state index contributed by atoms with van der Waals surface area (Å²) in [5.41, 5.74) is 0.443. The van der Waals surface area contributed by atoms with Crippen LogP contribution in [0.4, 0.5) is 0 Å². The van der Waals surface area contributed by atoms with Crippen LogP contribution in [0.15, 0.2) is 36.2 Å². The second-order valence-electron chi connectivity index (χ2n) is 4.69. The summed E-state index contributed by atoms with van der Waals surface area (Å²) in [5, 5.41) is 16.3. The van der Waals surface area contributed by atoms with Crippen molar-refractivity contribution < 1.29 is 9.90 Å². The Hall–Kier alpha value is -1.39. The van der Waals surface area contributed by atoms with E-state index in [0.29, 0.717) is 5.70 Å². The molecule has 4 heteroatoms. The van der Waals surface area contributed by atoms with Gasteiger partial charge < -0.3 is 15.7 Å². The molecule has 2 rings (SSSR count). The Morgan fingerprint density at radius 3 is 3.06 bits per heavy atom. The predicted octanol–water partition coefficient (Wildman–Crippen LogP) is 1.01. The van der Waals surface area contributed by atoms with E-state index in [1.165, 1.54) is 0 Å². The van der Waals surface area contributed by atoms with Crippen LogP contribution in [0.5, 0.6) is 0 Å². The highest BCUT2D eigenvalue weighted by molar-refractivity contribution is 5.99. The highest BCUT2D eigenvalue weighted by Crippen LogP contribution is 2.14. The smallest absolute Gasteiger partial charge is 0.208 e. The van der Waals surface area contributed by atoms with Crippen LogP contribution in [0.3, 0.4) is 0 Å². The summed E-state index contributed by atoms with van der Waals surface area (Å²) in [6.07, 6.45) is 12.1. The summed E-state index contributed by atoms with van der Waals surface area (Å²) in [6, 6.07) is -0.126. The minimum atomic E-state index is -0.971. The number of nitrogens with one attached hydrogen (secondary N) is 2. The van der Waals surface area contributed by atoms with Gasteiger partial charge in [-0.1, -0.05) is 25.0 Å². The van der Waals surface area contributed by atoms with Crippen LogP contribution < -0.4 is 10.6 Å². The van der Waals surface area contributed by atoms with Crippen molar-refractivity contribution in [3.8, 4) is 0 Å². The number of rotatable bonds is 3. The first-order valence-electron chi connectivity index (χ1n) is 6.55. The van der Waals surface area contributed by atoms with E-state index in [-0.39, 0.29) is 11.8 Å². The fraction of sp³-hybridized carbons (Fsp3) is 0.500. The summed E-state index contributed by atoms with van der Waals surface area (Å²) < 4.78 is 0. The topological polar surface area (TPSA) is 61.4 Å². The van der Waals surface area contributed by atoms with Crippen molar-refractivity contribution in [1.82, 2.24) is 10.6 Å². The Morgan fingerprint density at radius 1 is 1.28 bits per heavy atom. The molecule has 2 aliphatic heterocycles. The lowest BCUT2D eigenvalue weighted by molar-refractivity contribution is -0.125. The number of aliphatic hydroxyl groups is 1. The maximum atomic E-state index is 12.2. The molecule has 0 aromatic carbocycles. The normalized spacial score (nSPS) is 25.6. The molecule has 2 unspecified atom stereocenters. The van der Waals surface area contributed by atoms with Crippen molar-refractivity contribution in [3.05, 3.63) is 36.2 Å². The highest BCUT2D eigenvalue weighted by atomic mass is 16.3. The SMILES string of the molecule is O=C(C1=CC=CC=CN1)C(O)C1CCCCCN1. The van der Waals surface area contributed by atoms with Gasteiger partial charge in [0.1, 0.15) is 6.10 Å². The molecule has 2 atom stereocenters. The second kappa shape index (κ2) is 6.52. The molecule has 4 nitrogen and oxygen atoms in total. The van der Waals surface area contributed by atoms with Crippen LogP contribution in [0.1, 0.15) is 25.7 Å². The van der Waals surface area contributed by atoms with Crippen molar-refractivity contribution in [2.75, 3.05) is 6.54 Å². The van der Waals surface area contributed by atoms with Crippen molar-refractivity contribution in [2.24, 2.45) is 0 Å². The fourth-order valence-electron chi connectivity index (χ4n) is 2.28. The number of Topliss-reactive ketones (excluding diaryl/α,β-unsaturated/α-hetero) is 1. The number of hydrogen-bond donors (Lipinski definition) is 3. The van der Waals surface area contributed by atoms with Gasteiger partial charge in [-0.15, -0.1) is 0 Å². The Labute approximate surface area is 107 Å². The van der Waals surface area contributed by atoms with Gasteiger partial charge in [0.15, 0.2) is 0 Å². The molecule has 1 fully saturated rings. The molecule has 1 saturated heterocycles. The molecular formula is C14H20N2O2. The minimum absolute atomic E-state index is 0.126. The van der Waals surface area contributed by atoms with Gasteiger partial charge in [0.25, 0.3) is 0 Å². The van der Waals surface area contributed by atoms with Crippen LogP contribution in [0, 0.1) is 0 Å². The second-order valence-corrected chi connectivity index (χ2v) is 4.69. The number of allylic oxidation sites excluding steroid dienone is 4. The van der Waals surface area contributed by atoms with Crippen LogP contribution in [0.25, 0.3) is 0 Å². The third-order valence-electron chi connectivity index (χ3n) is 3.33. The first kappa shape index (κ1) is 13.1. The molecule has 2 aliphatic rings. The summed E-state index contributed by atoms with van der Waals surface area (Å²) in [6.45, 7) is 0.876. The number of aliphatic hydroxyl groups excluding tert-OH is 1. The summed E-state index contributed by atoms with van der Waals surface area (Å²) >= 11 is 0. The van der Waals surface area contributed by atoms with Gasteiger partial charge in [-0.3, -0.25) is 4.79 Å². The number of carbonyl (C=O) groups excluding carboxylic acids is 1. The number of carbonyl (C=O) groups is 1. The van der Waals surface area contributed by atoms with Gasteiger partial charge in [-0.2, -0.15) is 0 Å². The monoisotopic (exact) mass is 248 g/mol. The molecule has 2 heterocycles. The zero-order chi connectivity index (χ0) is 12.8. The molecule has 18 heavy (non-hydrogen) atoms. The maximum Gasteiger partial charge on any atom is 0.208 e. The quantitative estimate of drug-likeness (QED) is 0.697. The standard InChI is InChI=1S/C14H20N2O2/c17-13(11-7-3-1-5-9-15-11)14(18)12-8-4-2-6-10-16-12/h1,3,5,7,9,12,14-16,18H,2,4,6,8,10H2. The van der Waals surface area contributed by atoms with E-state index in [1.54, 1.807) is 18.4 Å². The molecule has 0 aliphatic carbocycles. The van der Waals surface area contributed by atoms with Gasteiger partial charge >= 0.3 is 0 Å². The third kappa shape index (κ3) is 3.31. The van der Waals surface area contributed by atoms with E-state index in [0.717, 1.165) is 32.2 Å². The molecule has 0 radical (unpaired) electrons. The summed E-state index contributed by atoms with van der Waals surface area (Å²) in [4.78, 5) is 12.2. The Balaban J connectivity index is 2.00. The van der Waals surface area contributed by atoms with Gasteiger partial charge in [-0.25, -0.2) is 0 Å². The molecule has 0 amide bonds. The van der Waals surface area contributed by atoms with Crippen molar-refractivity contribution in [2.45, 2.75) is 37.8 Å². The fourth-order valence-corrected chi connectivity index (χ4v) is 2.28. The van der Waals surface area contributed by atoms with E-state index in [2.05, 4.69) is 10.6 Å². The van der Waals surface area contributed by atoms with Crippen LogP contribution in [-0.4, -0.2) is 29.6 Å². The van der Waals surface area contributed by atoms with Gasteiger partial charge in [0.05, 0.1) is 5.70 Å². The molecule has 0 saturated carbocycles. The first-order valence-corrected chi connectivity index (χ1v) is 6.55. The highest BCUT2D eigenvalue weighted by Gasteiger charge is 2.28. The zero-order valence-electron chi connectivity index (χ0n) is 10.4. The van der Waals surface area contributed by atoms with Gasteiger partial charge in [-0.05, 0) is 31.5 Å². The summed E-state index contributed by atoms with van der Waals surface area (Å²) in [5.74, 6) is -0.245. The molecule has 98 valence electrons. The van der Waals surface area contributed by atoms with Gasteiger partial charge in [0.2, 0.25) is 5.78 Å². The molecule has 0 spiro atoms. The lowest BCUT2D eigenvalue weighted by Gasteiger charge is -2.22. The average Bonchev–Trinajstić information content (AvgIpc) is 2.81. The third-order valence-corrected chi connectivity index (χ3v) is 3.33. The predicted molar refractivity (Wildman–Crippen MR) is 70.8 cm³/mol. The maximum absolute atomic E-state index is 12.2. The largest absolute Gasteiger partial charge is 0.383 e. The van der Waals surface area contributed by atoms with E-state index in [4.69, 9.17) is 0 Å². The average molecular weight is 248 g/mol. The molecule has 0 aromatic rings. The van der Waals surface area contributed by atoms with E-state index in [9.17, 15) is 9.90 Å².